The average molecular weight is 235 g/mol. The molecule has 1 aromatic carbocycles. The number of hydrogen-bond donors (Lipinski definition) is 1. The highest BCUT2D eigenvalue weighted by Gasteiger charge is 2.42. The van der Waals surface area contributed by atoms with Crippen molar-refractivity contribution in [3.05, 3.63) is 29.8 Å². The number of amides is 1. The minimum absolute atomic E-state index is 0.0363. The van der Waals surface area contributed by atoms with Crippen molar-refractivity contribution in [2.75, 3.05) is 20.2 Å². The zero-order chi connectivity index (χ0) is 12.5. The predicted octanol–water partition coefficient (Wildman–Crippen LogP) is 1.29. The SMILES string of the molecule is CCC1(O)CN(C(=O)c2ccc(OC)cc2)C1. The van der Waals surface area contributed by atoms with Crippen LogP contribution in [-0.4, -0.2) is 41.7 Å². The van der Waals surface area contributed by atoms with Gasteiger partial charge >= 0.3 is 0 Å². The highest BCUT2D eigenvalue weighted by Crippen LogP contribution is 2.26. The highest BCUT2D eigenvalue weighted by atomic mass is 16.5. The van der Waals surface area contributed by atoms with Gasteiger partial charge < -0.3 is 14.7 Å². The van der Waals surface area contributed by atoms with Gasteiger partial charge in [-0.1, -0.05) is 6.92 Å². The molecule has 0 saturated carbocycles. The van der Waals surface area contributed by atoms with Gasteiger partial charge in [0, 0.05) is 5.56 Å². The van der Waals surface area contributed by atoms with Crippen LogP contribution in [0.3, 0.4) is 0 Å². The zero-order valence-corrected chi connectivity index (χ0v) is 10.1. The van der Waals surface area contributed by atoms with E-state index in [1.54, 1.807) is 36.3 Å². The van der Waals surface area contributed by atoms with Gasteiger partial charge in [-0.25, -0.2) is 0 Å². The van der Waals surface area contributed by atoms with E-state index in [9.17, 15) is 9.90 Å². The van der Waals surface area contributed by atoms with Crippen molar-refractivity contribution in [1.82, 2.24) is 4.90 Å². The number of aliphatic hydroxyl groups is 1. The van der Waals surface area contributed by atoms with Crippen LogP contribution in [0.25, 0.3) is 0 Å². The molecule has 92 valence electrons. The van der Waals surface area contributed by atoms with Crippen LogP contribution < -0.4 is 4.74 Å². The van der Waals surface area contributed by atoms with Crippen molar-refractivity contribution in [2.24, 2.45) is 0 Å². The molecule has 17 heavy (non-hydrogen) atoms. The van der Waals surface area contributed by atoms with Crippen LogP contribution in [0.1, 0.15) is 23.7 Å². The number of carbonyl (C=O) groups excluding carboxylic acids is 1. The van der Waals surface area contributed by atoms with Crippen molar-refractivity contribution in [3.63, 3.8) is 0 Å². The van der Waals surface area contributed by atoms with Gasteiger partial charge in [-0.2, -0.15) is 0 Å². The maximum atomic E-state index is 12.0. The fourth-order valence-corrected chi connectivity index (χ4v) is 1.95. The summed E-state index contributed by atoms with van der Waals surface area (Å²) in [5.41, 5.74) is -0.0498. The molecule has 0 bridgehead atoms. The lowest BCUT2D eigenvalue weighted by molar-refractivity contribution is -0.0826. The van der Waals surface area contributed by atoms with Crippen LogP contribution in [0.5, 0.6) is 5.75 Å². The molecule has 1 heterocycles. The second-order valence-electron chi connectivity index (χ2n) is 4.47. The molecule has 1 N–H and O–H groups in total. The number of carbonyl (C=O) groups is 1. The molecule has 0 aromatic heterocycles. The smallest absolute Gasteiger partial charge is 0.254 e. The molecule has 0 spiro atoms. The van der Waals surface area contributed by atoms with Gasteiger partial charge in [0.25, 0.3) is 5.91 Å². The van der Waals surface area contributed by atoms with Crippen LogP contribution in [0.15, 0.2) is 24.3 Å². The molecule has 0 unspecified atom stereocenters. The molecule has 4 nitrogen and oxygen atoms in total. The number of likely N-dealkylation sites (tertiary alicyclic amines) is 1. The summed E-state index contributed by atoms with van der Waals surface area (Å²) < 4.78 is 5.04. The van der Waals surface area contributed by atoms with Crippen molar-refractivity contribution < 1.29 is 14.6 Å². The molecule has 1 saturated heterocycles. The number of β-amino-alcohol motifs (C(OH)–C–C–N with tert-alkyl or cyclic N) is 1. The molecule has 1 amide bonds. The lowest BCUT2D eigenvalue weighted by Gasteiger charge is -2.46. The fraction of sp³-hybridized carbons (Fsp3) is 0.462. The first-order chi connectivity index (χ1) is 8.08. The van der Waals surface area contributed by atoms with Crippen LogP contribution in [0.2, 0.25) is 0 Å². The Labute approximate surface area is 101 Å². The molecule has 4 heteroatoms. The first kappa shape index (κ1) is 11.9. The van der Waals surface area contributed by atoms with Crippen LogP contribution >= 0.6 is 0 Å². The quantitative estimate of drug-likeness (QED) is 0.859. The van der Waals surface area contributed by atoms with Crippen molar-refractivity contribution in [1.29, 1.82) is 0 Å². The summed E-state index contributed by atoms with van der Waals surface area (Å²) in [5.74, 6) is 0.695. The predicted molar refractivity (Wildman–Crippen MR) is 64.1 cm³/mol. The molecule has 1 aliphatic heterocycles. The van der Waals surface area contributed by atoms with E-state index in [0.29, 0.717) is 25.1 Å². The van der Waals surface area contributed by atoms with E-state index in [2.05, 4.69) is 0 Å². The van der Waals surface area contributed by atoms with Crippen LogP contribution in [0, 0.1) is 0 Å². The van der Waals surface area contributed by atoms with E-state index in [4.69, 9.17) is 4.74 Å². The lowest BCUT2D eigenvalue weighted by atomic mass is 9.90. The molecule has 1 aromatic rings. The number of methoxy groups -OCH3 is 1. The third-order valence-corrected chi connectivity index (χ3v) is 3.25. The summed E-state index contributed by atoms with van der Waals surface area (Å²) >= 11 is 0. The highest BCUT2D eigenvalue weighted by molar-refractivity contribution is 5.95. The Kier molecular flexibility index (Phi) is 3.07. The van der Waals surface area contributed by atoms with E-state index in [1.165, 1.54) is 0 Å². The average Bonchev–Trinajstić information content (AvgIpc) is 2.34. The normalized spacial score (nSPS) is 17.5. The third kappa shape index (κ3) is 2.26. The molecule has 0 aliphatic carbocycles. The summed E-state index contributed by atoms with van der Waals surface area (Å²) in [6.07, 6.45) is 0.680. The van der Waals surface area contributed by atoms with E-state index in [0.717, 1.165) is 5.75 Å². The number of benzene rings is 1. The van der Waals surface area contributed by atoms with Gasteiger partial charge in [0.05, 0.1) is 25.8 Å². The maximum Gasteiger partial charge on any atom is 0.254 e. The maximum absolute atomic E-state index is 12.0. The molecular weight excluding hydrogens is 218 g/mol. The number of rotatable bonds is 3. The summed E-state index contributed by atoms with van der Waals surface area (Å²) in [4.78, 5) is 13.7. The summed E-state index contributed by atoms with van der Waals surface area (Å²) in [6.45, 7) is 2.78. The first-order valence-electron chi connectivity index (χ1n) is 5.74. The number of hydrogen-bond acceptors (Lipinski definition) is 3. The Morgan fingerprint density at radius 1 is 1.41 bits per heavy atom. The Bertz CT molecular complexity index is 407. The zero-order valence-electron chi connectivity index (χ0n) is 10.1. The first-order valence-corrected chi connectivity index (χ1v) is 5.74. The van der Waals surface area contributed by atoms with Crippen molar-refractivity contribution in [3.8, 4) is 5.75 Å². The topological polar surface area (TPSA) is 49.8 Å². The molecular formula is C13H17NO3. The molecule has 0 radical (unpaired) electrons. The Morgan fingerprint density at radius 2 is 2.00 bits per heavy atom. The Hall–Kier alpha value is -1.55. The molecule has 0 atom stereocenters. The minimum Gasteiger partial charge on any atom is -0.497 e. The van der Waals surface area contributed by atoms with Gasteiger partial charge in [0.1, 0.15) is 5.75 Å². The van der Waals surface area contributed by atoms with Gasteiger partial charge in [-0.15, -0.1) is 0 Å². The lowest BCUT2D eigenvalue weighted by Crippen LogP contribution is -2.63. The van der Waals surface area contributed by atoms with Gasteiger partial charge in [-0.3, -0.25) is 4.79 Å². The second kappa shape index (κ2) is 4.37. The molecule has 1 fully saturated rings. The van der Waals surface area contributed by atoms with Crippen LogP contribution in [0.4, 0.5) is 0 Å². The van der Waals surface area contributed by atoms with E-state index in [-0.39, 0.29) is 5.91 Å². The van der Waals surface area contributed by atoms with Gasteiger partial charge in [0.15, 0.2) is 0 Å². The summed E-state index contributed by atoms with van der Waals surface area (Å²) in [7, 11) is 1.59. The Balaban J connectivity index is 2.01. The minimum atomic E-state index is -0.678. The van der Waals surface area contributed by atoms with Crippen LogP contribution in [-0.2, 0) is 0 Å². The largest absolute Gasteiger partial charge is 0.497 e. The van der Waals surface area contributed by atoms with E-state index >= 15 is 0 Å². The number of nitrogens with zero attached hydrogens (tertiary/aromatic N) is 1. The third-order valence-electron chi connectivity index (χ3n) is 3.25. The number of ether oxygens (including phenoxy) is 1. The monoisotopic (exact) mass is 235 g/mol. The molecule has 2 rings (SSSR count). The fourth-order valence-electron chi connectivity index (χ4n) is 1.95. The summed E-state index contributed by atoms with van der Waals surface area (Å²) in [6, 6.07) is 7.01. The van der Waals surface area contributed by atoms with Crippen molar-refractivity contribution in [2.45, 2.75) is 18.9 Å². The van der Waals surface area contributed by atoms with Crippen molar-refractivity contribution >= 4 is 5.91 Å². The molecule has 1 aliphatic rings. The Morgan fingerprint density at radius 3 is 2.47 bits per heavy atom. The van der Waals surface area contributed by atoms with E-state index < -0.39 is 5.60 Å². The standard InChI is InChI=1S/C13H17NO3/c1-3-13(16)8-14(9-13)12(15)10-4-6-11(17-2)7-5-10/h4-7,16H,3,8-9H2,1-2H3. The van der Waals surface area contributed by atoms with Gasteiger partial charge in [-0.05, 0) is 30.7 Å². The van der Waals surface area contributed by atoms with Gasteiger partial charge in [0.2, 0.25) is 0 Å². The van der Waals surface area contributed by atoms with E-state index in [1.807, 2.05) is 6.92 Å². The second-order valence-corrected chi connectivity index (χ2v) is 4.47. The summed E-state index contributed by atoms with van der Waals surface area (Å²) in [5, 5.41) is 9.85.